The lowest BCUT2D eigenvalue weighted by atomic mass is 10.0. The molecular formula is C34H69N2O6P. The number of nitrogens with one attached hydrogen (secondary N) is 1. The van der Waals surface area contributed by atoms with E-state index in [9.17, 15) is 19.4 Å². The summed E-state index contributed by atoms with van der Waals surface area (Å²) in [6.07, 6.45) is 26.6. The molecule has 2 N–H and O–H groups in total. The molecule has 0 aromatic heterocycles. The lowest BCUT2D eigenvalue weighted by molar-refractivity contribution is -0.870. The Morgan fingerprint density at radius 1 is 0.791 bits per heavy atom. The van der Waals surface area contributed by atoms with Gasteiger partial charge in [0, 0.05) is 6.42 Å². The van der Waals surface area contributed by atoms with Crippen molar-refractivity contribution in [3.8, 4) is 0 Å². The van der Waals surface area contributed by atoms with Crippen LogP contribution in [0.15, 0.2) is 12.2 Å². The third-order valence-electron chi connectivity index (χ3n) is 7.75. The first kappa shape index (κ1) is 42.2. The molecule has 256 valence electrons. The molecule has 0 aromatic rings. The molecule has 0 aliphatic heterocycles. The first-order valence-electron chi connectivity index (χ1n) is 17.5. The van der Waals surface area contributed by atoms with Crippen molar-refractivity contribution in [2.24, 2.45) is 0 Å². The van der Waals surface area contributed by atoms with E-state index in [2.05, 4.69) is 31.3 Å². The van der Waals surface area contributed by atoms with E-state index in [4.69, 9.17) is 9.05 Å². The Morgan fingerprint density at radius 3 is 1.81 bits per heavy atom. The largest absolute Gasteiger partial charge is 0.756 e. The average molecular weight is 633 g/mol. The fourth-order valence-electron chi connectivity index (χ4n) is 4.85. The smallest absolute Gasteiger partial charge is 0.268 e. The lowest BCUT2D eigenvalue weighted by Crippen LogP contribution is -2.46. The van der Waals surface area contributed by atoms with Crippen molar-refractivity contribution < 1.29 is 32.9 Å². The Kier molecular flexibility index (Phi) is 27.1. The number of phosphoric ester groups is 1. The van der Waals surface area contributed by atoms with Crippen LogP contribution >= 0.6 is 7.82 Å². The third-order valence-corrected chi connectivity index (χ3v) is 8.72. The maximum atomic E-state index is 12.7. The molecule has 0 aliphatic rings. The lowest BCUT2D eigenvalue weighted by Gasteiger charge is -2.30. The number of carbonyl (C=O) groups is 1. The number of allylic oxidation sites excluding steroid dienone is 2. The Labute approximate surface area is 265 Å². The molecule has 43 heavy (non-hydrogen) atoms. The number of aliphatic hydroxyl groups excluding tert-OH is 1. The summed E-state index contributed by atoms with van der Waals surface area (Å²) in [4.78, 5) is 25.0. The fourth-order valence-corrected chi connectivity index (χ4v) is 5.58. The number of hydrogen-bond donors (Lipinski definition) is 2. The Morgan fingerprint density at radius 2 is 1.28 bits per heavy atom. The van der Waals surface area contributed by atoms with Crippen LogP contribution in [0, 0.1) is 0 Å². The molecular weight excluding hydrogens is 563 g/mol. The summed E-state index contributed by atoms with van der Waals surface area (Å²) in [5, 5.41) is 13.6. The number of aliphatic hydroxyl groups is 1. The zero-order valence-electron chi connectivity index (χ0n) is 28.7. The summed E-state index contributed by atoms with van der Waals surface area (Å²) in [6, 6.07) is -0.796. The molecule has 1 amide bonds. The summed E-state index contributed by atoms with van der Waals surface area (Å²) >= 11 is 0. The molecule has 0 aromatic carbocycles. The number of unbranched alkanes of at least 4 members (excludes halogenated alkanes) is 16. The maximum absolute atomic E-state index is 12.7. The van der Waals surface area contributed by atoms with Crippen molar-refractivity contribution in [2.75, 3.05) is 40.9 Å². The van der Waals surface area contributed by atoms with E-state index in [1.165, 1.54) is 70.6 Å². The SMILES string of the molecule is CCCCCCCC/C=C\CCCCCCCC(=O)NC(COP(=O)([O-])OCC[N+](C)(C)C)C(O)CCCCCCCC. The minimum absolute atomic E-state index is 0.0110. The van der Waals surface area contributed by atoms with Crippen LogP contribution in [0.2, 0.25) is 0 Å². The van der Waals surface area contributed by atoms with Gasteiger partial charge in [0.05, 0.1) is 39.9 Å². The number of carbonyl (C=O) groups excluding carboxylic acids is 1. The Bertz CT molecular complexity index is 728. The van der Waals surface area contributed by atoms with Crippen molar-refractivity contribution in [1.29, 1.82) is 0 Å². The van der Waals surface area contributed by atoms with Crippen molar-refractivity contribution in [1.82, 2.24) is 5.32 Å². The molecule has 0 rings (SSSR count). The van der Waals surface area contributed by atoms with Crippen LogP contribution in [0.25, 0.3) is 0 Å². The summed E-state index contributed by atoms with van der Waals surface area (Å²) < 4.78 is 23.0. The van der Waals surface area contributed by atoms with Crippen LogP contribution in [0.4, 0.5) is 0 Å². The molecule has 0 heterocycles. The van der Waals surface area contributed by atoms with Crippen molar-refractivity contribution in [2.45, 2.75) is 161 Å². The summed E-state index contributed by atoms with van der Waals surface area (Å²) in [7, 11) is 1.29. The topological polar surface area (TPSA) is 108 Å². The van der Waals surface area contributed by atoms with Gasteiger partial charge in [0.2, 0.25) is 5.91 Å². The number of phosphoric acid groups is 1. The molecule has 0 radical (unpaired) electrons. The molecule has 0 fully saturated rings. The average Bonchev–Trinajstić information content (AvgIpc) is 2.94. The second-order valence-corrected chi connectivity index (χ2v) is 14.6. The number of likely N-dealkylation sites (N-methyl/N-ethyl adjacent to an activating group) is 1. The van der Waals surface area contributed by atoms with Crippen LogP contribution in [0.1, 0.15) is 149 Å². The molecule has 3 atom stereocenters. The van der Waals surface area contributed by atoms with Gasteiger partial charge in [-0.05, 0) is 38.5 Å². The minimum atomic E-state index is -4.54. The van der Waals surface area contributed by atoms with E-state index >= 15 is 0 Å². The third kappa shape index (κ3) is 29.7. The van der Waals surface area contributed by atoms with E-state index in [0.29, 0.717) is 23.9 Å². The second kappa shape index (κ2) is 27.5. The predicted molar refractivity (Wildman–Crippen MR) is 178 cm³/mol. The van der Waals surface area contributed by atoms with E-state index in [1.54, 1.807) is 0 Å². The van der Waals surface area contributed by atoms with Gasteiger partial charge in [-0.15, -0.1) is 0 Å². The van der Waals surface area contributed by atoms with E-state index in [1.807, 2.05) is 21.1 Å². The molecule has 8 nitrogen and oxygen atoms in total. The van der Waals surface area contributed by atoms with Gasteiger partial charge in [-0.1, -0.05) is 116 Å². The molecule has 0 saturated heterocycles. The fraction of sp³-hybridized carbons (Fsp3) is 0.912. The molecule has 0 bridgehead atoms. The van der Waals surface area contributed by atoms with Gasteiger partial charge in [-0.3, -0.25) is 9.36 Å². The monoisotopic (exact) mass is 632 g/mol. The summed E-state index contributed by atoms with van der Waals surface area (Å²) in [5.41, 5.74) is 0. The van der Waals surface area contributed by atoms with Crippen LogP contribution in [-0.2, 0) is 18.4 Å². The van der Waals surface area contributed by atoms with E-state index in [0.717, 1.165) is 51.4 Å². The standard InChI is InChI=1S/C34H69N2O6P/c1-6-8-10-12-14-15-16-17-18-19-20-21-22-24-26-28-34(38)35-32(33(37)27-25-23-13-11-9-7-2)31-42-43(39,40)41-30-29-36(3,4)5/h17-18,32-33,37H,6-16,19-31H2,1-5H3,(H-,35,38,39,40)/b18-17-. The van der Waals surface area contributed by atoms with Gasteiger partial charge in [-0.25, -0.2) is 0 Å². The zero-order valence-corrected chi connectivity index (χ0v) is 29.6. The molecule has 9 heteroatoms. The Balaban J connectivity index is 4.38. The van der Waals surface area contributed by atoms with E-state index < -0.39 is 20.0 Å². The van der Waals surface area contributed by atoms with Crippen molar-refractivity contribution in [3.05, 3.63) is 12.2 Å². The quantitative estimate of drug-likeness (QED) is 0.0349. The van der Waals surface area contributed by atoms with Gasteiger partial charge >= 0.3 is 0 Å². The molecule has 0 aliphatic carbocycles. The maximum Gasteiger partial charge on any atom is 0.268 e. The molecule has 0 saturated carbocycles. The van der Waals surface area contributed by atoms with Gasteiger partial charge in [-0.2, -0.15) is 0 Å². The highest BCUT2D eigenvalue weighted by Gasteiger charge is 2.24. The van der Waals surface area contributed by atoms with Gasteiger partial charge in [0.15, 0.2) is 0 Å². The summed E-state index contributed by atoms with van der Waals surface area (Å²) in [5.74, 6) is -0.181. The van der Waals surface area contributed by atoms with Gasteiger partial charge in [0.1, 0.15) is 13.2 Å². The number of quaternary nitrogens is 1. The van der Waals surface area contributed by atoms with Crippen LogP contribution in [0.3, 0.4) is 0 Å². The van der Waals surface area contributed by atoms with Crippen molar-refractivity contribution >= 4 is 13.7 Å². The van der Waals surface area contributed by atoms with Gasteiger partial charge < -0.3 is 28.8 Å². The number of hydrogen-bond acceptors (Lipinski definition) is 6. The highest BCUT2D eigenvalue weighted by atomic mass is 31.2. The predicted octanol–water partition coefficient (Wildman–Crippen LogP) is 7.83. The Hall–Kier alpha value is -0.760. The normalized spacial score (nSPS) is 15.0. The van der Waals surface area contributed by atoms with E-state index in [-0.39, 0.29) is 19.1 Å². The zero-order chi connectivity index (χ0) is 32.2. The highest BCUT2D eigenvalue weighted by Crippen LogP contribution is 2.38. The first-order valence-corrected chi connectivity index (χ1v) is 19.0. The van der Waals surface area contributed by atoms with Gasteiger partial charge in [0.25, 0.3) is 7.82 Å². The molecule has 0 spiro atoms. The summed E-state index contributed by atoms with van der Waals surface area (Å²) in [6.45, 7) is 4.61. The van der Waals surface area contributed by atoms with Crippen LogP contribution in [-0.4, -0.2) is 68.5 Å². The second-order valence-electron chi connectivity index (χ2n) is 13.2. The first-order chi connectivity index (χ1) is 20.5. The number of rotatable bonds is 31. The number of amides is 1. The van der Waals surface area contributed by atoms with Crippen molar-refractivity contribution in [3.63, 3.8) is 0 Å². The highest BCUT2D eigenvalue weighted by molar-refractivity contribution is 7.45. The minimum Gasteiger partial charge on any atom is -0.756 e. The molecule has 3 unspecified atom stereocenters. The van der Waals surface area contributed by atoms with Crippen LogP contribution < -0.4 is 10.2 Å². The number of nitrogens with zero attached hydrogens (tertiary/aromatic N) is 1. The van der Waals surface area contributed by atoms with Crippen LogP contribution in [0.5, 0.6) is 0 Å².